The minimum atomic E-state index is -0.728. The second-order valence-electron chi connectivity index (χ2n) is 5.40. The lowest BCUT2D eigenvalue weighted by Crippen LogP contribution is -2.15. The Morgan fingerprint density at radius 2 is 2.05 bits per heavy atom. The largest absolute Gasteiger partial charge is 0.494 e. The highest BCUT2D eigenvalue weighted by Crippen LogP contribution is 2.58. The van der Waals surface area contributed by atoms with Crippen LogP contribution in [0.5, 0.6) is 11.8 Å². The number of nitrogens with zero attached hydrogens (tertiary/aromatic N) is 2. The fourth-order valence-electron chi connectivity index (χ4n) is 3.23. The van der Waals surface area contributed by atoms with Gasteiger partial charge in [-0.3, -0.25) is 0 Å². The van der Waals surface area contributed by atoms with Gasteiger partial charge in [-0.25, -0.2) is 4.57 Å². The molecular weight excluding hydrogens is 268 g/mol. The Hall–Kier alpha value is -2.71. The van der Waals surface area contributed by atoms with E-state index in [2.05, 4.69) is 6.07 Å². The third-order valence-corrected chi connectivity index (χ3v) is 4.16. The van der Waals surface area contributed by atoms with Gasteiger partial charge in [-0.2, -0.15) is 5.26 Å². The van der Waals surface area contributed by atoms with Gasteiger partial charge in [-0.1, -0.05) is 18.2 Å². The molecule has 5 nitrogen and oxygen atoms in total. The number of aromatic nitrogens is 1. The molecule has 0 amide bonds. The summed E-state index contributed by atoms with van der Waals surface area (Å²) in [6, 6.07) is 8.89. The molecule has 2 bridgehead atoms. The van der Waals surface area contributed by atoms with Gasteiger partial charge in [-0.05, 0) is 25.1 Å². The zero-order valence-corrected chi connectivity index (χ0v) is 11.2. The standard InChI is InChI=1S/C16H12N2O3/c1-16-7-6-11(21-16)12-13(16)15(20)18(14(12)19)10-5-3-2-4-9(10)8-17/h2-7,11,19-20H,1H3. The van der Waals surface area contributed by atoms with E-state index < -0.39 is 5.60 Å². The lowest BCUT2D eigenvalue weighted by atomic mass is 9.91. The van der Waals surface area contributed by atoms with E-state index in [9.17, 15) is 15.5 Å². The average molecular weight is 280 g/mol. The van der Waals surface area contributed by atoms with E-state index >= 15 is 0 Å². The third kappa shape index (κ3) is 1.32. The molecule has 1 aromatic carbocycles. The molecule has 0 fully saturated rings. The molecular formula is C16H12N2O3. The molecule has 0 aliphatic carbocycles. The van der Waals surface area contributed by atoms with Crippen molar-refractivity contribution in [2.75, 3.05) is 0 Å². The Bertz CT molecular complexity index is 844. The highest BCUT2D eigenvalue weighted by molar-refractivity contribution is 5.63. The van der Waals surface area contributed by atoms with Gasteiger partial charge in [0.05, 0.1) is 22.4 Å². The summed E-state index contributed by atoms with van der Waals surface area (Å²) in [6.07, 6.45) is 3.38. The molecule has 21 heavy (non-hydrogen) atoms. The van der Waals surface area contributed by atoms with Crippen LogP contribution in [0.15, 0.2) is 36.4 Å². The quantitative estimate of drug-likeness (QED) is 0.787. The first kappa shape index (κ1) is 12.1. The van der Waals surface area contributed by atoms with E-state index in [1.54, 1.807) is 24.3 Å². The van der Waals surface area contributed by atoms with Gasteiger partial charge in [0.1, 0.15) is 17.8 Å². The predicted octanol–water partition coefficient (Wildman–Crippen LogP) is 2.62. The Morgan fingerprint density at radius 1 is 1.29 bits per heavy atom. The normalized spacial score (nSPS) is 25.0. The summed E-state index contributed by atoms with van der Waals surface area (Å²) in [4.78, 5) is 0. The molecule has 2 aliphatic heterocycles. The lowest BCUT2D eigenvalue weighted by molar-refractivity contribution is 0.00856. The number of hydrogen-bond donors (Lipinski definition) is 2. The van der Waals surface area contributed by atoms with Crippen molar-refractivity contribution in [2.45, 2.75) is 18.6 Å². The maximum atomic E-state index is 10.6. The third-order valence-electron chi connectivity index (χ3n) is 4.16. The summed E-state index contributed by atoms with van der Waals surface area (Å²) >= 11 is 0. The Labute approximate surface area is 120 Å². The van der Waals surface area contributed by atoms with E-state index in [-0.39, 0.29) is 17.9 Å². The molecule has 104 valence electrons. The van der Waals surface area contributed by atoms with Crippen LogP contribution >= 0.6 is 0 Å². The molecule has 3 heterocycles. The highest BCUT2D eigenvalue weighted by Gasteiger charge is 2.50. The first-order valence-corrected chi connectivity index (χ1v) is 6.60. The van der Waals surface area contributed by atoms with Crippen molar-refractivity contribution in [1.29, 1.82) is 5.26 Å². The van der Waals surface area contributed by atoms with Crippen molar-refractivity contribution in [3.63, 3.8) is 0 Å². The minimum Gasteiger partial charge on any atom is -0.494 e. The van der Waals surface area contributed by atoms with Crippen LogP contribution in [0.2, 0.25) is 0 Å². The first-order chi connectivity index (χ1) is 10.1. The SMILES string of the molecule is CC12C=CC(O1)c1c2c(O)n(-c2ccccc2C#N)c1O. The number of benzene rings is 1. The Kier molecular flexibility index (Phi) is 2.12. The van der Waals surface area contributed by atoms with Gasteiger partial charge in [0, 0.05) is 0 Å². The number of ether oxygens (including phenoxy) is 1. The molecule has 2 aliphatic rings. The number of nitriles is 1. The maximum absolute atomic E-state index is 10.6. The van der Waals surface area contributed by atoms with Crippen molar-refractivity contribution in [3.8, 4) is 23.5 Å². The topological polar surface area (TPSA) is 78.4 Å². The molecule has 2 aromatic rings. The summed E-state index contributed by atoms with van der Waals surface area (Å²) in [6.45, 7) is 1.84. The maximum Gasteiger partial charge on any atom is 0.205 e. The summed E-state index contributed by atoms with van der Waals surface area (Å²) in [5, 5.41) is 30.3. The van der Waals surface area contributed by atoms with Crippen molar-refractivity contribution in [1.82, 2.24) is 4.57 Å². The molecule has 1 aromatic heterocycles. The van der Waals surface area contributed by atoms with Crippen LogP contribution in [0.4, 0.5) is 0 Å². The molecule has 0 spiro atoms. The number of para-hydroxylation sites is 1. The fraction of sp³-hybridized carbons (Fsp3) is 0.188. The number of aromatic hydroxyl groups is 2. The van der Waals surface area contributed by atoms with Gasteiger partial charge < -0.3 is 14.9 Å². The molecule has 2 N–H and O–H groups in total. The van der Waals surface area contributed by atoms with Crippen molar-refractivity contribution in [2.24, 2.45) is 0 Å². The van der Waals surface area contributed by atoms with Gasteiger partial charge in [-0.15, -0.1) is 0 Å². The van der Waals surface area contributed by atoms with Gasteiger partial charge in [0.15, 0.2) is 0 Å². The van der Waals surface area contributed by atoms with E-state index in [4.69, 9.17) is 4.74 Å². The molecule has 0 saturated heterocycles. The Balaban J connectivity index is 2.03. The average Bonchev–Trinajstić information content (AvgIpc) is 3.08. The first-order valence-electron chi connectivity index (χ1n) is 6.60. The summed E-state index contributed by atoms with van der Waals surface area (Å²) in [7, 11) is 0. The van der Waals surface area contributed by atoms with E-state index in [1.165, 1.54) is 4.57 Å². The van der Waals surface area contributed by atoms with E-state index in [0.717, 1.165) is 0 Å². The zero-order chi connectivity index (χ0) is 14.8. The molecule has 0 saturated carbocycles. The van der Waals surface area contributed by atoms with Crippen LogP contribution in [0, 0.1) is 11.3 Å². The van der Waals surface area contributed by atoms with Crippen LogP contribution in [0.3, 0.4) is 0 Å². The summed E-state index contributed by atoms with van der Waals surface area (Å²) in [5.74, 6) is -0.164. The predicted molar refractivity (Wildman–Crippen MR) is 74.1 cm³/mol. The second kappa shape index (κ2) is 3.68. The molecule has 4 rings (SSSR count). The molecule has 5 heteroatoms. The van der Waals surface area contributed by atoms with Crippen molar-refractivity contribution < 1.29 is 14.9 Å². The molecule has 2 atom stereocenters. The van der Waals surface area contributed by atoms with Crippen molar-refractivity contribution >= 4 is 0 Å². The Morgan fingerprint density at radius 3 is 2.76 bits per heavy atom. The van der Waals surface area contributed by atoms with Gasteiger partial charge >= 0.3 is 0 Å². The van der Waals surface area contributed by atoms with Crippen molar-refractivity contribution in [3.05, 3.63) is 53.1 Å². The summed E-state index contributed by atoms with van der Waals surface area (Å²) < 4.78 is 7.08. The van der Waals surface area contributed by atoms with Crippen LogP contribution < -0.4 is 0 Å². The highest BCUT2D eigenvalue weighted by atomic mass is 16.5. The van der Waals surface area contributed by atoms with Crippen LogP contribution in [-0.4, -0.2) is 14.8 Å². The van der Waals surface area contributed by atoms with Crippen LogP contribution in [-0.2, 0) is 10.3 Å². The van der Waals surface area contributed by atoms with Crippen LogP contribution in [0.25, 0.3) is 5.69 Å². The number of rotatable bonds is 1. The number of hydrogen-bond acceptors (Lipinski definition) is 4. The summed E-state index contributed by atoms with van der Waals surface area (Å²) in [5.41, 5.74) is 1.25. The molecule has 0 radical (unpaired) electrons. The minimum absolute atomic E-state index is 0.0803. The van der Waals surface area contributed by atoms with Crippen LogP contribution in [0.1, 0.15) is 29.7 Å². The molecule has 2 unspecified atom stereocenters. The monoisotopic (exact) mass is 280 g/mol. The fourth-order valence-corrected chi connectivity index (χ4v) is 3.23. The number of fused-ring (bicyclic) bond motifs is 5. The second-order valence-corrected chi connectivity index (χ2v) is 5.40. The van der Waals surface area contributed by atoms with E-state index in [1.807, 2.05) is 19.1 Å². The van der Waals surface area contributed by atoms with Gasteiger partial charge in [0.25, 0.3) is 0 Å². The smallest absolute Gasteiger partial charge is 0.205 e. The lowest BCUT2D eigenvalue weighted by Gasteiger charge is -2.18. The van der Waals surface area contributed by atoms with Gasteiger partial charge in [0.2, 0.25) is 11.8 Å². The van der Waals surface area contributed by atoms with E-state index in [0.29, 0.717) is 22.4 Å². The zero-order valence-electron chi connectivity index (χ0n) is 11.2.